The molecular formula is C20H22N2O5S2. The molecule has 154 valence electrons. The Kier molecular flexibility index (Phi) is 6.51. The van der Waals surface area contributed by atoms with Crippen LogP contribution in [0.25, 0.3) is 10.2 Å². The van der Waals surface area contributed by atoms with Gasteiger partial charge in [-0.25, -0.2) is 8.42 Å². The van der Waals surface area contributed by atoms with Crippen LogP contribution in [0.4, 0.5) is 0 Å². The number of sulfone groups is 1. The van der Waals surface area contributed by atoms with Gasteiger partial charge < -0.3 is 14.0 Å². The van der Waals surface area contributed by atoms with Crippen molar-refractivity contribution in [2.75, 3.05) is 26.6 Å². The molecular weight excluding hydrogens is 412 g/mol. The molecule has 29 heavy (non-hydrogen) atoms. The second-order valence-electron chi connectivity index (χ2n) is 6.54. The number of aromatic nitrogens is 1. The summed E-state index contributed by atoms with van der Waals surface area (Å²) in [5, 5.41) is 0. The van der Waals surface area contributed by atoms with Crippen LogP contribution in [0.2, 0.25) is 0 Å². The van der Waals surface area contributed by atoms with E-state index in [1.807, 2.05) is 29.7 Å². The Morgan fingerprint density at radius 2 is 2.00 bits per heavy atom. The maximum atomic E-state index is 12.4. The number of ether oxygens (including phenoxy) is 2. The van der Waals surface area contributed by atoms with Crippen molar-refractivity contribution in [1.82, 2.24) is 4.57 Å². The lowest BCUT2D eigenvalue weighted by molar-refractivity contribution is -0.120. The van der Waals surface area contributed by atoms with E-state index in [9.17, 15) is 13.2 Å². The predicted molar refractivity (Wildman–Crippen MR) is 112 cm³/mol. The number of aryl methyl sites for hydroxylation is 1. The van der Waals surface area contributed by atoms with Gasteiger partial charge in [-0.15, -0.1) is 0 Å². The highest BCUT2D eigenvalue weighted by Gasteiger charge is 2.13. The number of methoxy groups -OCH3 is 1. The number of carbonyl (C=O) groups excluding carboxylic acids is 1. The molecule has 0 fully saturated rings. The number of hydrogen-bond donors (Lipinski definition) is 0. The molecule has 0 unspecified atom stereocenters. The Labute approximate surface area is 173 Å². The molecule has 3 rings (SSSR count). The van der Waals surface area contributed by atoms with E-state index in [0.717, 1.165) is 22.0 Å². The van der Waals surface area contributed by atoms with Gasteiger partial charge in [0.2, 0.25) is 0 Å². The van der Waals surface area contributed by atoms with Crippen molar-refractivity contribution in [3.8, 4) is 5.75 Å². The molecule has 1 amide bonds. The number of fused-ring (bicyclic) bond motifs is 1. The fourth-order valence-electron chi connectivity index (χ4n) is 2.76. The molecule has 2 aromatic carbocycles. The zero-order valence-corrected chi connectivity index (χ0v) is 18.0. The fraction of sp³-hybridized carbons (Fsp3) is 0.300. The Balaban J connectivity index is 1.93. The summed E-state index contributed by atoms with van der Waals surface area (Å²) in [6.45, 7) is 2.68. The van der Waals surface area contributed by atoms with E-state index in [1.54, 1.807) is 31.4 Å². The molecule has 9 heteroatoms. The fourth-order valence-corrected chi connectivity index (χ4v) is 4.59. The second-order valence-corrected chi connectivity index (χ2v) is 9.57. The molecule has 0 bridgehead atoms. The Morgan fingerprint density at radius 3 is 2.69 bits per heavy atom. The first-order valence-electron chi connectivity index (χ1n) is 8.87. The third-order valence-electron chi connectivity index (χ3n) is 4.17. The lowest BCUT2D eigenvalue weighted by Crippen LogP contribution is -2.21. The molecule has 0 saturated heterocycles. The van der Waals surface area contributed by atoms with Gasteiger partial charge in [-0.2, -0.15) is 4.99 Å². The first-order valence-corrected chi connectivity index (χ1v) is 11.6. The summed E-state index contributed by atoms with van der Waals surface area (Å²) in [6.07, 6.45) is 1.16. The summed E-state index contributed by atoms with van der Waals surface area (Å²) >= 11 is 1.26. The third kappa shape index (κ3) is 5.31. The first-order chi connectivity index (χ1) is 13.8. The van der Waals surface area contributed by atoms with Gasteiger partial charge in [0.15, 0.2) is 21.2 Å². The lowest BCUT2D eigenvalue weighted by atomic mass is 10.2. The molecule has 3 aromatic rings. The van der Waals surface area contributed by atoms with Gasteiger partial charge in [-0.1, -0.05) is 23.5 Å². The number of nitrogens with zero attached hydrogens (tertiary/aromatic N) is 2. The Bertz CT molecular complexity index is 1210. The minimum Gasteiger partial charge on any atom is -0.484 e. The molecule has 0 radical (unpaired) electrons. The molecule has 1 heterocycles. The van der Waals surface area contributed by atoms with Crippen molar-refractivity contribution in [2.24, 2.45) is 4.99 Å². The van der Waals surface area contributed by atoms with Gasteiger partial charge in [0, 0.05) is 19.9 Å². The van der Waals surface area contributed by atoms with Crippen molar-refractivity contribution < 1.29 is 22.7 Å². The van der Waals surface area contributed by atoms with E-state index in [-0.39, 0.29) is 11.5 Å². The van der Waals surface area contributed by atoms with Crippen LogP contribution in [0, 0.1) is 6.92 Å². The molecule has 0 aliphatic carbocycles. The van der Waals surface area contributed by atoms with Crippen molar-refractivity contribution in [1.29, 1.82) is 0 Å². The number of rotatable bonds is 7. The van der Waals surface area contributed by atoms with E-state index in [4.69, 9.17) is 9.47 Å². The van der Waals surface area contributed by atoms with E-state index >= 15 is 0 Å². The Morgan fingerprint density at radius 1 is 1.21 bits per heavy atom. The highest BCUT2D eigenvalue weighted by Crippen LogP contribution is 2.22. The molecule has 0 atom stereocenters. The largest absolute Gasteiger partial charge is 0.484 e. The summed E-state index contributed by atoms with van der Waals surface area (Å²) in [7, 11) is -1.73. The topological polar surface area (TPSA) is 87.0 Å². The maximum absolute atomic E-state index is 12.4. The first kappa shape index (κ1) is 21.2. The van der Waals surface area contributed by atoms with Gasteiger partial charge in [-0.3, -0.25) is 4.79 Å². The summed E-state index contributed by atoms with van der Waals surface area (Å²) in [4.78, 5) is 17.3. The number of benzene rings is 2. The molecule has 0 N–H and O–H groups in total. The van der Waals surface area contributed by atoms with Crippen LogP contribution in [-0.2, 0) is 25.9 Å². The van der Waals surface area contributed by atoms with Crippen LogP contribution in [0.15, 0.2) is 52.4 Å². The Hall–Kier alpha value is -2.49. The average molecular weight is 435 g/mol. The molecule has 0 aliphatic rings. The predicted octanol–water partition coefficient (Wildman–Crippen LogP) is 2.57. The average Bonchev–Trinajstić information content (AvgIpc) is 3.00. The number of hydrogen-bond acceptors (Lipinski definition) is 6. The summed E-state index contributed by atoms with van der Waals surface area (Å²) < 4.78 is 37.0. The van der Waals surface area contributed by atoms with Crippen molar-refractivity contribution in [3.05, 3.63) is 52.8 Å². The van der Waals surface area contributed by atoms with E-state index in [1.165, 1.54) is 11.3 Å². The van der Waals surface area contributed by atoms with Crippen LogP contribution >= 0.6 is 11.3 Å². The van der Waals surface area contributed by atoms with Crippen LogP contribution in [0.3, 0.4) is 0 Å². The van der Waals surface area contributed by atoms with Gasteiger partial charge in [0.05, 0.1) is 21.7 Å². The van der Waals surface area contributed by atoms with Gasteiger partial charge in [-0.05, 0) is 42.8 Å². The highest BCUT2D eigenvalue weighted by atomic mass is 32.2. The number of amides is 1. The van der Waals surface area contributed by atoms with Crippen molar-refractivity contribution in [2.45, 2.75) is 18.4 Å². The van der Waals surface area contributed by atoms with E-state index in [2.05, 4.69) is 4.99 Å². The van der Waals surface area contributed by atoms with Crippen molar-refractivity contribution in [3.63, 3.8) is 0 Å². The van der Waals surface area contributed by atoms with Gasteiger partial charge in [0.1, 0.15) is 5.75 Å². The van der Waals surface area contributed by atoms with Crippen LogP contribution < -0.4 is 9.54 Å². The number of thiazole rings is 1. The van der Waals surface area contributed by atoms with Crippen LogP contribution in [0.5, 0.6) is 5.75 Å². The summed E-state index contributed by atoms with van der Waals surface area (Å²) in [5.41, 5.74) is 1.83. The minimum absolute atomic E-state index is 0.184. The van der Waals surface area contributed by atoms with Crippen LogP contribution in [-0.4, -0.2) is 45.5 Å². The standard InChI is InChI=1S/C20H22N2O5S2/c1-14-5-4-6-15(11-14)27-13-19(23)21-20-22(9-10-26-2)17-8-7-16(29(3,24)25)12-18(17)28-20/h4-8,11-12H,9-10,13H2,1-3H3. The summed E-state index contributed by atoms with van der Waals surface area (Å²) in [6, 6.07) is 12.3. The third-order valence-corrected chi connectivity index (χ3v) is 6.32. The quantitative estimate of drug-likeness (QED) is 0.570. The van der Waals surface area contributed by atoms with E-state index < -0.39 is 15.7 Å². The smallest absolute Gasteiger partial charge is 0.286 e. The van der Waals surface area contributed by atoms with Crippen LogP contribution in [0.1, 0.15) is 5.56 Å². The maximum Gasteiger partial charge on any atom is 0.286 e. The van der Waals surface area contributed by atoms with Crippen molar-refractivity contribution >= 4 is 37.3 Å². The molecule has 0 aliphatic heterocycles. The lowest BCUT2D eigenvalue weighted by Gasteiger charge is -2.05. The molecule has 7 nitrogen and oxygen atoms in total. The van der Waals surface area contributed by atoms with Gasteiger partial charge in [0.25, 0.3) is 5.91 Å². The molecule has 0 spiro atoms. The second kappa shape index (κ2) is 8.89. The molecule has 0 saturated carbocycles. The molecule has 1 aromatic heterocycles. The minimum atomic E-state index is -3.33. The highest BCUT2D eigenvalue weighted by molar-refractivity contribution is 7.90. The SMILES string of the molecule is COCCn1c(=NC(=O)COc2cccc(C)c2)sc2cc(S(C)(=O)=O)ccc21. The normalized spacial score (nSPS) is 12.4. The zero-order chi connectivity index (χ0) is 21.0. The van der Waals surface area contributed by atoms with Gasteiger partial charge >= 0.3 is 0 Å². The zero-order valence-electron chi connectivity index (χ0n) is 16.4. The number of carbonyl (C=O) groups is 1. The summed E-state index contributed by atoms with van der Waals surface area (Å²) in [5.74, 6) is 0.183. The monoisotopic (exact) mass is 434 g/mol. The van der Waals surface area contributed by atoms with E-state index in [0.29, 0.717) is 23.7 Å².